The van der Waals surface area contributed by atoms with Crippen molar-refractivity contribution >= 4 is 0 Å². The van der Waals surface area contributed by atoms with Gasteiger partial charge in [0, 0.05) is 6.04 Å². The van der Waals surface area contributed by atoms with Crippen molar-refractivity contribution in [2.75, 3.05) is 0 Å². The van der Waals surface area contributed by atoms with E-state index in [4.69, 9.17) is 5.73 Å². The first-order valence-electron chi connectivity index (χ1n) is 5.30. The van der Waals surface area contributed by atoms with Gasteiger partial charge in [-0.05, 0) is 44.4 Å². The lowest BCUT2D eigenvalue weighted by Crippen LogP contribution is -2.24. The fourth-order valence-electron chi connectivity index (χ4n) is 2.58. The smallest absolute Gasteiger partial charge is 0.00702 e. The molecule has 68 valence electrons. The third kappa shape index (κ3) is 1.71. The van der Waals surface area contributed by atoms with Gasteiger partial charge in [0.2, 0.25) is 0 Å². The molecule has 1 nitrogen and oxygen atoms in total. The highest BCUT2D eigenvalue weighted by atomic mass is 14.7. The lowest BCUT2D eigenvalue weighted by Gasteiger charge is -2.15. The molecule has 1 heteroatoms. The summed E-state index contributed by atoms with van der Waals surface area (Å²) in [4.78, 5) is 0. The van der Waals surface area contributed by atoms with Crippen molar-refractivity contribution < 1.29 is 0 Å². The lowest BCUT2D eigenvalue weighted by molar-refractivity contribution is 0.473. The molecule has 0 radical (unpaired) electrons. The molecule has 0 amide bonds. The Kier molecular flexibility index (Phi) is 2.50. The molecule has 0 spiro atoms. The molecule has 1 saturated carbocycles. The predicted molar refractivity (Wildman–Crippen MR) is 51.9 cm³/mol. The normalized spacial score (nSPS) is 35.6. The summed E-state index contributed by atoms with van der Waals surface area (Å²) in [6.45, 7) is 0. The molecule has 2 rings (SSSR count). The average molecular weight is 165 g/mol. The molecule has 0 bridgehead atoms. The van der Waals surface area contributed by atoms with Crippen molar-refractivity contribution in [1.29, 1.82) is 0 Å². The second-order valence-corrected chi connectivity index (χ2v) is 4.31. The highest BCUT2D eigenvalue weighted by Gasteiger charge is 2.24. The van der Waals surface area contributed by atoms with Crippen LogP contribution < -0.4 is 5.73 Å². The molecule has 2 unspecified atom stereocenters. The summed E-state index contributed by atoms with van der Waals surface area (Å²) in [7, 11) is 0. The molecule has 12 heavy (non-hydrogen) atoms. The summed E-state index contributed by atoms with van der Waals surface area (Å²) in [5.74, 6) is 0.814. The monoisotopic (exact) mass is 165 g/mol. The van der Waals surface area contributed by atoms with Crippen molar-refractivity contribution in [3.05, 3.63) is 11.6 Å². The summed E-state index contributed by atoms with van der Waals surface area (Å²) in [5.41, 5.74) is 7.72. The van der Waals surface area contributed by atoms with E-state index in [1.165, 1.54) is 44.9 Å². The molecule has 0 aromatic carbocycles. The van der Waals surface area contributed by atoms with E-state index in [1.807, 2.05) is 0 Å². The zero-order valence-corrected chi connectivity index (χ0v) is 7.76. The SMILES string of the molecule is NC1CCCC1CC1=CCCC1. The lowest BCUT2D eigenvalue weighted by atomic mass is 9.95. The summed E-state index contributed by atoms with van der Waals surface area (Å²) in [6.07, 6.45) is 11.8. The van der Waals surface area contributed by atoms with Crippen molar-refractivity contribution in [2.24, 2.45) is 11.7 Å². The van der Waals surface area contributed by atoms with E-state index in [9.17, 15) is 0 Å². The van der Waals surface area contributed by atoms with Crippen molar-refractivity contribution in [3.63, 3.8) is 0 Å². The molecule has 2 N–H and O–H groups in total. The summed E-state index contributed by atoms with van der Waals surface area (Å²) in [5, 5.41) is 0. The topological polar surface area (TPSA) is 26.0 Å². The van der Waals surface area contributed by atoms with E-state index in [0.717, 1.165) is 5.92 Å². The molecule has 2 atom stereocenters. The quantitative estimate of drug-likeness (QED) is 0.625. The fourth-order valence-corrected chi connectivity index (χ4v) is 2.58. The fraction of sp³-hybridized carbons (Fsp3) is 0.818. The first kappa shape index (κ1) is 8.31. The van der Waals surface area contributed by atoms with Crippen LogP contribution >= 0.6 is 0 Å². The molecule has 0 aromatic heterocycles. The Bertz CT molecular complexity index is 183. The highest BCUT2D eigenvalue weighted by molar-refractivity contribution is 5.09. The van der Waals surface area contributed by atoms with Crippen molar-refractivity contribution in [1.82, 2.24) is 0 Å². The predicted octanol–water partition coefficient (Wildman–Crippen LogP) is 2.61. The van der Waals surface area contributed by atoms with Gasteiger partial charge in [-0.1, -0.05) is 18.1 Å². The van der Waals surface area contributed by atoms with E-state index in [1.54, 1.807) is 5.57 Å². The van der Waals surface area contributed by atoms with Gasteiger partial charge in [0.15, 0.2) is 0 Å². The highest BCUT2D eigenvalue weighted by Crippen LogP contribution is 2.32. The van der Waals surface area contributed by atoms with Crippen LogP contribution in [-0.4, -0.2) is 6.04 Å². The van der Waals surface area contributed by atoms with Crippen LogP contribution in [0, 0.1) is 5.92 Å². The van der Waals surface area contributed by atoms with E-state index >= 15 is 0 Å². The third-order valence-electron chi connectivity index (χ3n) is 3.38. The molecule has 1 fully saturated rings. The van der Waals surface area contributed by atoms with Crippen LogP contribution in [-0.2, 0) is 0 Å². The molecular formula is C11H19N. The van der Waals surface area contributed by atoms with E-state index in [-0.39, 0.29) is 0 Å². The standard InChI is InChI=1S/C11H19N/c12-11-7-3-6-10(11)8-9-4-1-2-5-9/h4,10-11H,1-3,5-8,12H2. The number of allylic oxidation sites excluding steroid dienone is 2. The Hall–Kier alpha value is -0.300. The van der Waals surface area contributed by atoms with Crippen LogP contribution in [0.25, 0.3) is 0 Å². The van der Waals surface area contributed by atoms with Crippen LogP contribution in [0.2, 0.25) is 0 Å². The molecule has 2 aliphatic rings. The molecule has 0 aromatic rings. The van der Waals surface area contributed by atoms with Gasteiger partial charge in [0.25, 0.3) is 0 Å². The van der Waals surface area contributed by atoms with Crippen LogP contribution in [0.1, 0.15) is 44.9 Å². The summed E-state index contributed by atoms with van der Waals surface area (Å²) < 4.78 is 0. The van der Waals surface area contributed by atoms with Gasteiger partial charge in [-0.15, -0.1) is 0 Å². The maximum absolute atomic E-state index is 6.03. The van der Waals surface area contributed by atoms with Gasteiger partial charge in [0.1, 0.15) is 0 Å². The Morgan fingerprint density at radius 1 is 1.33 bits per heavy atom. The minimum atomic E-state index is 0.506. The van der Waals surface area contributed by atoms with Crippen LogP contribution in [0.4, 0.5) is 0 Å². The first-order chi connectivity index (χ1) is 5.86. The molecule has 0 heterocycles. The maximum atomic E-state index is 6.03. The molecule has 2 aliphatic carbocycles. The van der Waals surface area contributed by atoms with Crippen LogP contribution in [0.5, 0.6) is 0 Å². The number of nitrogens with two attached hydrogens (primary N) is 1. The number of hydrogen-bond acceptors (Lipinski definition) is 1. The summed E-state index contributed by atoms with van der Waals surface area (Å²) in [6, 6.07) is 0.506. The molecular weight excluding hydrogens is 146 g/mol. The zero-order chi connectivity index (χ0) is 8.39. The number of hydrogen-bond donors (Lipinski definition) is 1. The molecule has 0 aliphatic heterocycles. The van der Waals surface area contributed by atoms with E-state index in [2.05, 4.69) is 6.08 Å². The van der Waals surface area contributed by atoms with Crippen LogP contribution in [0.3, 0.4) is 0 Å². The minimum absolute atomic E-state index is 0.506. The third-order valence-corrected chi connectivity index (χ3v) is 3.38. The van der Waals surface area contributed by atoms with Gasteiger partial charge < -0.3 is 5.73 Å². The Morgan fingerprint density at radius 3 is 2.83 bits per heavy atom. The largest absolute Gasteiger partial charge is 0.327 e. The minimum Gasteiger partial charge on any atom is -0.327 e. The Labute approximate surface area is 75.0 Å². The van der Waals surface area contributed by atoms with Crippen molar-refractivity contribution in [2.45, 2.75) is 51.0 Å². The number of rotatable bonds is 2. The van der Waals surface area contributed by atoms with Crippen molar-refractivity contribution in [3.8, 4) is 0 Å². The van der Waals surface area contributed by atoms with Gasteiger partial charge >= 0.3 is 0 Å². The second kappa shape index (κ2) is 3.61. The van der Waals surface area contributed by atoms with Gasteiger partial charge in [-0.3, -0.25) is 0 Å². The van der Waals surface area contributed by atoms with Gasteiger partial charge in [-0.2, -0.15) is 0 Å². The summed E-state index contributed by atoms with van der Waals surface area (Å²) >= 11 is 0. The van der Waals surface area contributed by atoms with Gasteiger partial charge in [0.05, 0.1) is 0 Å². The average Bonchev–Trinajstić information content (AvgIpc) is 2.65. The molecule has 0 saturated heterocycles. The first-order valence-corrected chi connectivity index (χ1v) is 5.30. The van der Waals surface area contributed by atoms with Crippen LogP contribution in [0.15, 0.2) is 11.6 Å². The van der Waals surface area contributed by atoms with Gasteiger partial charge in [-0.25, -0.2) is 0 Å². The Morgan fingerprint density at radius 2 is 2.25 bits per heavy atom. The zero-order valence-electron chi connectivity index (χ0n) is 7.76. The van der Waals surface area contributed by atoms with E-state index in [0.29, 0.717) is 6.04 Å². The van der Waals surface area contributed by atoms with E-state index < -0.39 is 0 Å². The Balaban J connectivity index is 1.85. The maximum Gasteiger partial charge on any atom is 0.00702 e. The second-order valence-electron chi connectivity index (χ2n) is 4.31.